The number of nitrogens with zero attached hydrogens (tertiary/aromatic N) is 3. The van der Waals surface area contributed by atoms with Crippen molar-refractivity contribution in [2.24, 2.45) is 0 Å². The molecule has 3 aromatic rings. The predicted molar refractivity (Wildman–Crippen MR) is 100 cm³/mol. The molecule has 2 aromatic heterocycles. The van der Waals surface area contributed by atoms with E-state index >= 15 is 0 Å². The van der Waals surface area contributed by atoms with E-state index in [4.69, 9.17) is 16.7 Å². The van der Waals surface area contributed by atoms with E-state index in [9.17, 15) is 4.39 Å². The highest BCUT2D eigenvalue weighted by Gasteiger charge is 2.09. The molecule has 0 spiro atoms. The first-order valence-corrected chi connectivity index (χ1v) is 8.41. The number of aliphatic hydroxyl groups excluding tert-OH is 1. The van der Waals surface area contributed by atoms with Gasteiger partial charge in [-0.25, -0.2) is 9.37 Å². The van der Waals surface area contributed by atoms with Gasteiger partial charge in [0, 0.05) is 31.1 Å². The fourth-order valence-electron chi connectivity index (χ4n) is 2.24. The molecule has 0 unspecified atom stereocenters. The quantitative estimate of drug-likeness (QED) is 0.545. The normalized spacial score (nSPS) is 10.6. The van der Waals surface area contributed by atoms with E-state index in [1.165, 1.54) is 12.1 Å². The lowest BCUT2D eigenvalue weighted by Crippen LogP contribution is -2.09. The molecule has 2 heterocycles. The van der Waals surface area contributed by atoms with Crippen molar-refractivity contribution >= 4 is 29.1 Å². The van der Waals surface area contributed by atoms with Crippen LogP contribution in [0.15, 0.2) is 48.7 Å². The zero-order chi connectivity index (χ0) is 18.4. The maximum absolute atomic E-state index is 13.3. The Labute approximate surface area is 155 Å². The van der Waals surface area contributed by atoms with E-state index in [1.54, 1.807) is 18.3 Å². The van der Waals surface area contributed by atoms with Crippen LogP contribution in [0.5, 0.6) is 0 Å². The van der Waals surface area contributed by atoms with Gasteiger partial charge in [-0.2, -0.15) is 4.98 Å². The van der Waals surface area contributed by atoms with Crippen molar-refractivity contribution in [1.82, 2.24) is 15.0 Å². The molecule has 0 saturated heterocycles. The largest absolute Gasteiger partial charge is 0.396 e. The van der Waals surface area contributed by atoms with Gasteiger partial charge in [-0.3, -0.25) is 4.98 Å². The molecule has 3 N–H and O–H groups in total. The van der Waals surface area contributed by atoms with Crippen molar-refractivity contribution in [2.45, 2.75) is 6.42 Å². The fraction of sp³-hybridized carbons (Fsp3) is 0.167. The van der Waals surface area contributed by atoms with Gasteiger partial charge in [0.15, 0.2) is 0 Å². The standard InChI is InChI=1S/C18H17ClFN5O/c19-13-10-12(5-6-14(13)20)23-17-11-16(15-4-1-2-7-21-15)24-18(25-17)22-8-3-9-26/h1-2,4-7,10-11,26H,3,8-9H2,(H2,22,23,24,25). The van der Waals surface area contributed by atoms with Gasteiger partial charge in [0.1, 0.15) is 11.6 Å². The third-order valence-corrected chi connectivity index (χ3v) is 3.75. The topological polar surface area (TPSA) is 83.0 Å². The Kier molecular flexibility index (Phi) is 5.93. The van der Waals surface area contributed by atoms with Crippen LogP contribution in [0.1, 0.15) is 6.42 Å². The van der Waals surface area contributed by atoms with Gasteiger partial charge in [0.05, 0.1) is 16.4 Å². The number of hydrogen-bond donors (Lipinski definition) is 3. The molecule has 0 aliphatic rings. The van der Waals surface area contributed by atoms with Gasteiger partial charge in [0.25, 0.3) is 0 Å². The number of aromatic nitrogens is 3. The van der Waals surface area contributed by atoms with Crippen molar-refractivity contribution < 1.29 is 9.50 Å². The highest BCUT2D eigenvalue weighted by molar-refractivity contribution is 6.31. The lowest BCUT2D eigenvalue weighted by atomic mass is 10.2. The predicted octanol–water partition coefficient (Wildman–Crippen LogP) is 3.87. The van der Waals surface area contributed by atoms with Crippen LogP contribution in [0.4, 0.5) is 21.8 Å². The second-order valence-electron chi connectivity index (χ2n) is 5.43. The van der Waals surface area contributed by atoms with E-state index < -0.39 is 5.82 Å². The molecule has 0 bridgehead atoms. The van der Waals surface area contributed by atoms with Crippen LogP contribution in [-0.2, 0) is 0 Å². The number of rotatable bonds is 7. The number of pyridine rings is 1. The number of benzene rings is 1. The number of aliphatic hydroxyl groups is 1. The summed E-state index contributed by atoms with van der Waals surface area (Å²) < 4.78 is 13.3. The summed E-state index contributed by atoms with van der Waals surface area (Å²) in [5.41, 5.74) is 1.92. The maximum Gasteiger partial charge on any atom is 0.225 e. The van der Waals surface area contributed by atoms with Crippen LogP contribution >= 0.6 is 11.6 Å². The minimum absolute atomic E-state index is 0.0234. The van der Waals surface area contributed by atoms with E-state index in [1.807, 2.05) is 18.2 Å². The summed E-state index contributed by atoms with van der Waals surface area (Å²) in [6.45, 7) is 0.607. The van der Waals surface area contributed by atoms with Crippen molar-refractivity contribution in [3.63, 3.8) is 0 Å². The Hall–Kier alpha value is -2.77. The monoisotopic (exact) mass is 373 g/mol. The first-order chi connectivity index (χ1) is 12.7. The molecule has 0 radical (unpaired) electrons. The van der Waals surface area contributed by atoms with Crippen LogP contribution in [-0.4, -0.2) is 33.2 Å². The average molecular weight is 374 g/mol. The Morgan fingerprint density at radius 1 is 1.08 bits per heavy atom. The molecule has 0 amide bonds. The minimum atomic E-state index is -0.486. The third kappa shape index (κ3) is 4.65. The van der Waals surface area contributed by atoms with Gasteiger partial charge in [-0.05, 0) is 36.8 Å². The molecule has 3 rings (SSSR count). The summed E-state index contributed by atoms with van der Waals surface area (Å²) >= 11 is 5.83. The van der Waals surface area contributed by atoms with Crippen molar-refractivity contribution in [2.75, 3.05) is 23.8 Å². The van der Waals surface area contributed by atoms with Crippen LogP contribution in [0.25, 0.3) is 11.4 Å². The minimum Gasteiger partial charge on any atom is -0.396 e. The van der Waals surface area contributed by atoms with E-state index in [0.29, 0.717) is 41.8 Å². The van der Waals surface area contributed by atoms with Gasteiger partial charge in [-0.15, -0.1) is 0 Å². The lowest BCUT2D eigenvalue weighted by Gasteiger charge is -2.11. The third-order valence-electron chi connectivity index (χ3n) is 3.46. The first-order valence-electron chi connectivity index (χ1n) is 8.03. The summed E-state index contributed by atoms with van der Waals surface area (Å²) in [5, 5.41) is 15.1. The molecule has 1 aromatic carbocycles. The van der Waals surface area contributed by atoms with Crippen LogP contribution in [0.3, 0.4) is 0 Å². The number of nitrogens with one attached hydrogen (secondary N) is 2. The smallest absolute Gasteiger partial charge is 0.225 e. The van der Waals surface area contributed by atoms with E-state index in [-0.39, 0.29) is 11.6 Å². The summed E-state index contributed by atoms with van der Waals surface area (Å²) in [6.07, 6.45) is 2.26. The highest BCUT2D eigenvalue weighted by atomic mass is 35.5. The summed E-state index contributed by atoms with van der Waals surface area (Å²) in [7, 11) is 0. The number of hydrogen-bond acceptors (Lipinski definition) is 6. The maximum atomic E-state index is 13.3. The zero-order valence-electron chi connectivity index (χ0n) is 13.8. The Bertz CT molecular complexity index is 879. The molecule has 134 valence electrons. The molecule has 0 fully saturated rings. The van der Waals surface area contributed by atoms with Gasteiger partial charge in [-0.1, -0.05) is 17.7 Å². The van der Waals surface area contributed by atoms with Gasteiger partial charge in [0.2, 0.25) is 5.95 Å². The van der Waals surface area contributed by atoms with Gasteiger partial charge < -0.3 is 15.7 Å². The van der Waals surface area contributed by atoms with E-state index in [2.05, 4.69) is 25.6 Å². The van der Waals surface area contributed by atoms with Crippen LogP contribution < -0.4 is 10.6 Å². The molecule has 0 aliphatic heterocycles. The highest BCUT2D eigenvalue weighted by Crippen LogP contribution is 2.25. The molecular formula is C18H17ClFN5O. The Balaban J connectivity index is 1.91. The second kappa shape index (κ2) is 8.55. The van der Waals surface area contributed by atoms with Crippen LogP contribution in [0, 0.1) is 5.82 Å². The Morgan fingerprint density at radius 3 is 2.69 bits per heavy atom. The van der Waals surface area contributed by atoms with Crippen molar-refractivity contribution in [3.8, 4) is 11.4 Å². The van der Waals surface area contributed by atoms with Gasteiger partial charge >= 0.3 is 0 Å². The number of halogens is 2. The molecule has 26 heavy (non-hydrogen) atoms. The van der Waals surface area contributed by atoms with Crippen molar-refractivity contribution in [1.29, 1.82) is 0 Å². The summed E-state index contributed by atoms with van der Waals surface area (Å²) in [4.78, 5) is 13.2. The first kappa shape index (κ1) is 18.0. The lowest BCUT2D eigenvalue weighted by molar-refractivity contribution is 0.292. The summed E-state index contributed by atoms with van der Waals surface area (Å²) in [5.74, 6) is 0.424. The Morgan fingerprint density at radius 2 is 1.96 bits per heavy atom. The molecule has 0 saturated carbocycles. The molecular weight excluding hydrogens is 357 g/mol. The van der Waals surface area contributed by atoms with Crippen LogP contribution in [0.2, 0.25) is 5.02 Å². The second-order valence-corrected chi connectivity index (χ2v) is 5.84. The van der Waals surface area contributed by atoms with Crippen molar-refractivity contribution in [3.05, 3.63) is 59.5 Å². The fourth-order valence-corrected chi connectivity index (χ4v) is 2.42. The molecule has 6 nitrogen and oxygen atoms in total. The SMILES string of the molecule is OCCCNc1nc(Nc2ccc(F)c(Cl)c2)cc(-c2ccccn2)n1. The summed E-state index contributed by atoms with van der Waals surface area (Å²) in [6, 6.07) is 11.6. The molecule has 0 aliphatic carbocycles. The van der Waals surface area contributed by atoms with E-state index in [0.717, 1.165) is 0 Å². The molecule has 0 atom stereocenters. The number of anilines is 3. The molecule has 8 heteroatoms. The zero-order valence-corrected chi connectivity index (χ0v) is 14.5. The average Bonchev–Trinajstić information content (AvgIpc) is 2.66.